The number of carboxylic acids is 1. The summed E-state index contributed by atoms with van der Waals surface area (Å²) in [5, 5.41) is 18.4. The van der Waals surface area contributed by atoms with Crippen LogP contribution in [0.1, 0.15) is 0 Å². The van der Waals surface area contributed by atoms with Gasteiger partial charge in [-0.05, 0) is 11.8 Å². The highest BCUT2D eigenvalue weighted by molar-refractivity contribution is 8.18. The number of aromatic nitrogens is 5. The summed E-state index contributed by atoms with van der Waals surface area (Å²) in [7, 11) is 0. The smallest absolute Gasteiger partial charge is 0.324 e. The van der Waals surface area contributed by atoms with Gasteiger partial charge in [-0.2, -0.15) is 5.10 Å². The van der Waals surface area contributed by atoms with Gasteiger partial charge in [-0.1, -0.05) is 33.2 Å². The van der Waals surface area contributed by atoms with Crippen LogP contribution >= 0.6 is 70.2 Å². The predicted octanol–water partition coefficient (Wildman–Crippen LogP) is 0.346. The number of anilines is 2. The highest BCUT2D eigenvalue weighted by Gasteiger charge is 2.52. The third-order valence-corrected chi connectivity index (χ3v) is 11.0. The molecule has 3 aromatic rings. The molecule has 13 nitrogen and oxygen atoms in total. The fourth-order valence-corrected chi connectivity index (χ4v) is 8.92. The van der Waals surface area contributed by atoms with Gasteiger partial charge in [0.1, 0.15) is 11.4 Å². The van der Waals surface area contributed by atoms with Crippen LogP contribution in [0.15, 0.2) is 39.1 Å². The largest absolute Gasteiger partial charge is 0.543 e. The summed E-state index contributed by atoms with van der Waals surface area (Å²) in [6.07, 6.45) is 2.83. The fraction of sp³-hybridized carbons (Fsp3) is 0.250. The molecule has 5 heterocycles. The Labute approximate surface area is 247 Å². The van der Waals surface area contributed by atoms with Crippen LogP contribution in [0.3, 0.4) is 0 Å². The zero-order valence-electron chi connectivity index (χ0n) is 19.4. The number of carbonyl (C=O) groups excluding carboxylic acids is 3. The number of rotatable bonds is 9. The number of nitrogen functional groups attached to an aromatic ring is 2. The van der Waals surface area contributed by atoms with Gasteiger partial charge in [-0.15, -0.1) is 39.8 Å². The van der Waals surface area contributed by atoms with Crippen LogP contribution in [0.5, 0.6) is 0 Å². The van der Waals surface area contributed by atoms with E-state index in [2.05, 4.69) is 25.4 Å². The summed E-state index contributed by atoms with van der Waals surface area (Å²) in [5.74, 6) is -1.70. The van der Waals surface area contributed by atoms with Crippen LogP contribution in [-0.4, -0.2) is 70.7 Å². The SMILES string of the molecule is Nc1cc2nc(N)[nH][n+]2c(SCSC2=C(C(=O)[O-])N3C(=O)C(NC(=O)CSc4c(Cl)cncc4Cl)C3SC2)n1. The molecule has 2 atom stereocenters. The van der Waals surface area contributed by atoms with Crippen molar-refractivity contribution in [3.05, 3.63) is 39.1 Å². The maximum absolute atomic E-state index is 12.9. The Balaban J connectivity index is 1.22. The van der Waals surface area contributed by atoms with Crippen molar-refractivity contribution in [1.29, 1.82) is 0 Å². The second-order valence-electron chi connectivity index (χ2n) is 7.91. The maximum Gasteiger partial charge on any atom is 0.324 e. The van der Waals surface area contributed by atoms with Gasteiger partial charge >= 0.3 is 11.1 Å². The molecule has 2 aliphatic heterocycles. The van der Waals surface area contributed by atoms with E-state index in [1.165, 1.54) is 47.7 Å². The monoisotopic (exact) mass is 645 g/mol. The molecule has 0 aromatic carbocycles. The first-order valence-electron chi connectivity index (χ1n) is 10.8. The number of nitrogens with two attached hydrogens (primary N) is 2. The van der Waals surface area contributed by atoms with Gasteiger partial charge in [0.05, 0.1) is 38.6 Å². The van der Waals surface area contributed by atoms with Crippen molar-refractivity contribution < 1.29 is 24.0 Å². The molecule has 0 aliphatic carbocycles. The van der Waals surface area contributed by atoms with Crippen LogP contribution in [0, 0.1) is 0 Å². The molecular weight excluding hydrogens is 629 g/mol. The molecule has 204 valence electrons. The van der Waals surface area contributed by atoms with Crippen molar-refractivity contribution in [2.75, 3.05) is 28.1 Å². The summed E-state index contributed by atoms with van der Waals surface area (Å²) < 4.78 is 1.57. The summed E-state index contributed by atoms with van der Waals surface area (Å²) in [6, 6.07) is 0.694. The molecule has 0 saturated carbocycles. The number of amides is 2. The number of β-lactam (4-membered cyclic amide) rings is 1. The topological polar surface area (TPSA) is 200 Å². The molecule has 39 heavy (non-hydrogen) atoms. The highest BCUT2D eigenvalue weighted by Crippen LogP contribution is 2.44. The number of nitrogens with zero attached hydrogens (tertiary/aromatic N) is 5. The van der Waals surface area contributed by atoms with E-state index in [1.54, 1.807) is 10.6 Å². The Kier molecular flexibility index (Phi) is 8.25. The number of halogens is 2. The first-order valence-corrected chi connectivity index (χ1v) is 15.6. The average molecular weight is 647 g/mol. The van der Waals surface area contributed by atoms with E-state index in [0.29, 0.717) is 41.5 Å². The summed E-state index contributed by atoms with van der Waals surface area (Å²) >= 11 is 17.2. The van der Waals surface area contributed by atoms with E-state index in [0.717, 1.165) is 16.7 Å². The van der Waals surface area contributed by atoms with Crippen LogP contribution in [-0.2, 0) is 14.4 Å². The lowest BCUT2D eigenvalue weighted by Gasteiger charge is -2.50. The summed E-state index contributed by atoms with van der Waals surface area (Å²) in [6.45, 7) is 0. The van der Waals surface area contributed by atoms with Crippen molar-refractivity contribution >= 4 is 105 Å². The third-order valence-electron chi connectivity index (χ3n) is 5.41. The quantitative estimate of drug-likeness (QED) is 0.0817. The Bertz CT molecular complexity index is 1520. The minimum atomic E-state index is -1.47. The predicted molar refractivity (Wildman–Crippen MR) is 149 cm³/mol. The number of carbonyl (C=O) groups is 3. The van der Waals surface area contributed by atoms with Crippen molar-refractivity contribution in [3.8, 4) is 0 Å². The molecule has 2 amide bonds. The van der Waals surface area contributed by atoms with Crippen LogP contribution in [0.2, 0.25) is 10.0 Å². The number of nitrogens with one attached hydrogen (secondary N) is 2. The molecule has 2 aliphatic rings. The summed E-state index contributed by atoms with van der Waals surface area (Å²) in [4.78, 5) is 51.9. The highest BCUT2D eigenvalue weighted by atomic mass is 35.5. The normalized spacial score (nSPS) is 18.7. The van der Waals surface area contributed by atoms with Gasteiger partial charge in [-0.25, -0.2) is 0 Å². The number of H-pyrrole nitrogens is 1. The molecule has 6 N–H and O–H groups in total. The Morgan fingerprint density at radius 1 is 1.23 bits per heavy atom. The van der Waals surface area contributed by atoms with Crippen LogP contribution in [0.25, 0.3) is 5.65 Å². The van der Waals surface area contributed by atoms with Crippen molar-refractivity contribution in [2.24, 2.45) is 0 Å². The standard InChI is InChI=1S/C20H17Cl2N9O4S4/c21-7-2-25-3-8(22)15(7)36-5-12(32)28-13-16(33)30-14(18(34)35)9(4-37-17(13)30)38-6-39-20-26-10(23)1-11-27-19(24)29-31(11)20/h1-3,13,17H,4-6H2,(H6,23,24,27,28,29,32,34,35). The first kappa shape index (κ1) is 28.0. The zero-order valence-corrected chi connectivity index (χ0v) is 24.2. The Morgan fingerprint density at radius 2 is 1.97 bits per heavy atom. The molecule has 2 unspecified atom stereocenters. The Hall–Kier alpha value is -2.57. The van der Waals surface area contributed by atoms with Gasteiger partial charge in [0.25, 0.3) is 11.6 Å². The van der Waals surface area contributed by atoms with Gasteiger partial charge in [0.2, 0.25) is 11.7 Å². The molecule has 0 radical (unpaired) electrons. The lowest BCUT2D eigenvalue weighted by Crippen LogP contribution is -2.71. The molecule has 1 saturated heterocycles. The van der Waals surface area contributed by atoms with Gasteiger partial charge < -0.3 is 26.7 Å². The van der Waals surface area contributed by atoms with Crippen LogP contribution < -0.4 is 26.4 Å². The lowest BCUT2D eigenvalue weighted by atomic mass is 10.1. The molecule has 0 spiro atoms. The number of fused-ring (bicyclic) bond motifs is 2. The van der Waals surface area contributed by atoms with E-state index in [4.69, 9.17) is 34.7 Å². The van der Waals surface area contributed by atoms with Gasteiger partial charge in [-0.3, -0.25) is 19.5 Å². The van der Waals surface area contributed by atoms with Crippen LogP contribution in [0.4, 0.5) is 11.8 Å². The maximum atomic E-state index is 12.9. The second-order valence-corrected chi connectivity index (χ2v) is 13.2. The van der Waals surface area contributed by atoms with E-state index in [9.17, 15) is 19.5 Å². The number of thioether (sulfide) groups is 4. The average Bonchev–Trinajstić information content (AvgIpc) is 3.26. The minimum Gasteiger partial charge on any atom is -0.543 e. The molecule has 5 rings (SSSR count). The second kappa shape index (κ2) is 11.5. The number of hydrogen-bond acceptors (Lipinski definition) is 13. The zero-order chi connectivity index (χ0) is 27.8. The van der Waals surface area contributed by atoms with E-state index < -0.39 is 29.2 Å². The van der Waals surface area contributed by atoms with E-state index in [-0.39, 0.29) is 23.2 Å². The molecular formula is C20H17Cl2N9O4S4. The molecule has 3 aromatic heterocycles. The fourth-order valence-electron chi connectivity index (χ4n) is 3.77. The van der Waals surface area contributed by atoms with Crippen molar-refractivity contribution in [3.63, 3.8) is 0 Å². The molecule has 19 heteroatoms. The number of aromatic amines is 1. The number of carboxylic acid groups (broad SMARTS) is 1. The molecule has 0 bridgehead atoms. The molecule has 1 fully saturated rings. The Morgan fingerprint density at radius 3 is 2.69 bits per heavy atom. The van der Waals surface area contributed by atoms with Gasteiger partial charge in [0.15, 0.2) is 0 Å². The van der Waals surface area contributed by atoms with Crippen molar-refractivity contribution in [1.82, 2.24) is 30.3 Å². The number of pyridine rings is 1. The number of hydrogen-bond donors (Lipinski definition) is 4. The number of aliphatic carboxylic acids is 1. The first-order chi connectivity index (χ1) is 18.6. The third kappa shape index (κ3) is 5.69. The minimum absolute atomic E-state index is 0.0442. The summed E-state index contributed by atoms with van der Waals surface area (Å²) in [5.41, 5.74) is 11.9. The van der Waals surface area contributed by atoms with Crippen molar-refractivity contribution in [2.45, 2.75) is 21.5 Å². The lowest BCUT2D eigenvalue weighted by molar-refractivity contribution is -0.621. The van der Waals surface area contributed by atoms with E-state index in [1.807, 2.05) is 0 Å². The van der Waals surface area contributed by atoms with E-state index >= 15 is 0 Å². The van der Waals surface area contributed by atoms with Gasteiger partial charge in [0, 0.05) is 27.9 Å².